The standard InChI is InChI=1S/C8H8N6O4/c15-1-9-5-6(10-2-16)14-8(12-4-18)7(13-5)11-3-17/h1-4H,(H2,9,11,13,15,17)(H2,10,12,14,16,18). The van der Waals surface area contributed by atoms with Crippen LogP contribution < -0.4 is 21.3 Å². The molecule has 0 fully saturated rings. The zero-order valence-electron chi connectivity index (χ0n) is 8.84. The molecule has 0 aliphatic rings. The monoisotopic (exact) mass is 252 g/mol. The van der Waals surface area contributed by atoms with E-state index in [4.69, 9.17) is 0 Å². The van der Waals surface area contributed by atoms with E-state index in [1.165, 1.54) is 0 Å². The molecule has 0 atom stereocenters. The molecule has 10 heteroatoms. The molecule has 0 aliphatic heterocycles. The van der Waals surface area contributed by atoms with Crippen LogP contribution >= 0.6 is 0 Å². The smallest absolute Gasteiger partial charge is 0.212 e. The summed E-state index contributed by atoms with van der Waals surface area (Å²) in [7, 11) is 0. The van der Waals surface area contributed by atoms with Crippen LogP contribution in [-0.4, -0.2) is 35.6 Å². The molecule has 0 unspecified atom stereocenters. The average molecular weight is 252 g/mol. The molecule has 0 aromatic carbocycles. The van der Waals surface area contributed by atoms with E-state index in [0.29, 0.717) is 25.6 Å². The van der Waals surface area contributed by atoms with Gasteiger partial charge in [0.05, 0.1) is 0 Å². The third-order valence-corrected chi connectivity index (χ3v) is 1.68. The van der Waals surface area contributed by atoms with E-state index in [-0.39, 0.29) is 23.3 Å². The Morgan fingerprint density at radius 3 is 0.944 bits per heavy atom. The maximum Gasteiger partial charge on any atom is 0.212 e. The van der Waals surface area contributed by atoms with E-state index < -0.39 is 0 Å². The normalized spacial score (nSPS) is 8.89. The fraction of sp³-hybridized carbons (Fsp3) is 0. The summed E-state index contributed by atoms with van der Waals surface area (Å²) < 4.78 is 0. The van der Waals surface area contributed by atoms with Crippen molar-refractivity contribution in [1.29, 1.82) is 0 Å². The predicted molar refractivity (Wildman–Crippen MR) is 60.8 cm³/mol. The topological polar surface area (TPSA) is 142 Å². The summed E-state index contributed by atoms with van der Waals surface area (Å²) in [5.74, 6) is -0.341. The van der Waals surface area contributed by atoms with Crippen molar-refractivity contribution in [3.8, 4) is 0 Å². The number of hydrogen-bond donors (Lipinski definition) is 4. The molecule has 1 heterocycles. The molecule has 10 nitrogen and oxygen atoms in total. The van der Waals surface area contributed by atoms with Crippen molar-refractivity contribution < 1.29 is 19.2 Å². The van der Waals surface area contributed by atoms with Crippen molar-refractivity contribution in [3.05, 3.63) is 0 Å². The average Bonchev–Trinajstić information content (AvgIpc) is 2.35. The molecular formula is C8H8N6O4. The number of carbonyl (C=O) groups excluding carboxylic acids is 4. The van der Waals surface area contributed by atoms with Gasteiger partial charge < -0.3 is 21.3 Å². The van der Waals surface area contributed by atoms with E-state index >= 15 is 0 Å². The first kappa shape index (κ1) is 13.0. The van der Waals surface area contributed by atoms with Gasteiger partial charge in [-0.1, -0.05) is 0 Å². The molecule has 1 aromatic rings. The number of nitrogens with one attached hydrogen (secondary N) is 4. The highest BCUT2D eigenvalue weighted by molar-refractivity contribution is 5.88. The van der Waals surface area contributed by atoms with Gasteiger partial charge in [-0.2, -0.15) is 0 Å². The highest BCUT2D eigenvalue weighted by atomic mass is 16.1. The van der Waals surface area contributed by atoms with Crippen LogP contribution in [0, 0.1) is 0 Å². The number of nitrogens with zero attached hydrogens (tertiary/aromatic N) is 2. The molecule has 0 spiro atoms. The molecule has 1 rings (SSSR count). The largest absolute Gasteiger partial charge is 0.310 e. The summed E-state index contributed by atoms with van der Waals surface area (Å²) in [5, 5.41) is 8.73. The second-order valence-electron chi connectivity index (χ2n) is 2.67. The predicted octanol–water partition coefficient (Wildman–Crippen LogP) is -1.25. The van der Waals surface area contributed by atoms with Gasteiger partial charge in [-0.05, 0) is 0 Å². The summed E-state index contributed by atoms with van der Waals surface area (Å²) in [4.78, 5) is 49.0. The molecule has 4 amide bonds. The SMILES string of the molecule is O=CNc1nc(NC=O)c(NC=O)nc1NC=O. The second-order valence-corrected chi connectivity index (χ2v) is 2.67. The molecule has 18 heavy (non-hydrogen) atoms. The maximum atomic E-state index is 10.4. The highest BCUT2D eigenvalue weighted by Gasteiger charge is 2.12. The molecule has 94 valence electrons. The van der Waals surface area contributed by atoms with E-state index in [1.807, 2.05) is 0 Å². The Hall–Kier alpha value is -3.04. The molecule has 4 N–H and O–H groups in total. The maximum absolute atomic E-state index is 10.4. The minimum atomic E-state index is -0.0853. The Morgan fingerprint density at radius 2 is 0.778 bits per heavy atom. The van der Waals surface area contributed by atoms with Gasteiger partial charge in [0, 0.05) is 0 Å². The van der Waals surface area contributed by atoms with E-state index in [9.17, 15) is 19.2 Å². The van der Waals surface area contributed by atoms with Crippen molar-refractivity contribution in [1.82, 2.24) is 9.97 Å². The van der Waals surface area contributed by atoms with Gasteiger partial charge in [-0.15, -0.1) is 0 Å². The summed E-state index contributed by atoms with van der Waals surface area (Å²) in [6.07, 6.45) is 1.27. The Kier molecular flexibility index (Phi) is 4.72. The second kappa shape index (κ2) is 6.52. The van der Waals surface area contributed by atoms with Crippen LogP contribution in [0.3, 0.4) is 0 Å². The Morgan fingerprint density at radius 1 is 0.556 bits per heavy atom. The lowest BCUT2D eigenvalue weighted by molar-refractivity contribution is -0.106. The lowest BCUT2D eigenvalue weighted by Crippen LogP contribution is -2.12. The number of carbonyl (C=O) groups is 4. The summed E-state index contributed by atoms with van der Waals surface area (Å²) in [6.45, 7) is 0. The van der Waals surface area contributed by atoms with Crippen LogP contribution in [-0.2, 0) is 19.2 Å². The van der Waals surface area contributed by atoms with E-state index in [2.05, 4.69) is 31.2 Å². The molecule has 0 aliphatic carbocycles. The lowest BCUT2D eigenvalue weighted by atomic mass is 10.5. The highest BCUT2D eigenvalue weighted by Crippen LogP contribution is 2.24. The fourth-order valence-corrected chi connectivity index (χ4v) is 1.06. The number of amides is 4. The van der Waals surface area contributed by atoms with Gasteiger partial charge in [0.1, 0.15) is 0 Å². The van der Waals surface area contributed by atoms with Crippen LogP contribution in [0.5, 0.6) is 0 Å². The molecule has 0 saturated heterocycles. The first-order valence-electron chi connectivity index (χ1n) is 4.49. The fourth-order valence-electron chi connectivity index (χ4n) is 1.06. The first-order valence-corrected chi connectivity index (χ1v) is 4.49. The van der Waals surface area contributed by atoms with Gasteiger partial charge in [0.2, 0.25) is 25.6 Å². The Balaban J connectivity index is 3.27. The van der Waals surface area contributed by atoms with Crippen molar-refractivity contribution in [3.63, 3.8) is 0 Å². The number of anilines is 4. The van der Waals surface area contributed by atoms with Gasteiger partial charge in [-0.3, -0.25) is 19.2 Å². The number of hydrogen-bond acceptors (Lipinski definition) is 6. The third kappa shape index (κ3) is 2.98. The minimum Gasteiger partial charge on any atom is -0.310 e. The third-order valence-electron chi connectivity index (χ3n) is 1.68. The minimum absolute atomic E-state index is 0.0853. The molecule has 1 aromatic heterocycles. The van der Waals surface area contributed by atoms with Gasteiger partial charge in [0.15, 0.2) is 23.3 Å². The summed E-state index contributed by atoms with van der Waals surface area (Å²) in [6, 6.07) is 0. The zero-order chi connectivity index (χ0) is 13.4. The zero-order valence-corrected chi connectivity index (χ0v) is 8.84. The van der Waals surface area contributed by atoms with Crippen LogP contribution in [0.25, 0.3) is 0 Å². The van der Waals surface area contributed by atoms with Gasteiger partial charge in [-0.25, -0.2) is 9.97 Å². The van der Waals surface area contributed by atoms with E-state index in [1.54, 1.807) is 0 Å². The lowest BCUT2D eigenvalue weighted by Gasteiger charge is -2.10. The molecule has 0 bridgehead atoms. The van der Waals surface area contributed by atoms with Crippen LogP contribution in [0.15, 0.2) is 0 Å². The van der Waals surface area contributed by atoms with Gasteiger partial charge in [0.25, 0.3) is 0 Å². The molecule has 0 radical (unpaired) electrons. The van der Waals surface area contributed by atoms with Crippen molar-refractivity contribution in [2.24, 2.45) is 0 Å². The Labute approximate surface area is 100 Å². The molecule has 0 saturated carbocycles. The Bertz CT molecular complexity index is 395. The van der Waals surface area contributed by atoms with E-state index in [0.717, 1.165) is 0 Å². The van der Waals surface area contributed by atoms with Crippen molar-refractivity contribution in [2.75, 3.05) is 21.3 Å². The number of rotatable bonds is 8. The van der Waals surface area contributed by atoms with Crippen molar-refractivity contribution in [2.45, 2.75) is 0 Å². The first-order chi connectivity index (χ1) is 8.76. The molecular weight excluding hydrogens is 244 g/mol. The summed E-state index contributed by atoms with van der Waals surface area (Å²) in [5.41, 5.74) is 0. The van der Waals surface area contributed by atoms with Crippen LogP contribution in [0.1, 0.15) is 0 Å². The van der Waals surface area contributed by atoms with Gasteiger partial charge >= 0.3 is 0 Å². The van der Waals surface area contributed by atoms with Crippen molar-refractivity contribution >= 4 is 48.9 Å². The quantitative estimate of drug-likeness (QED) is 0.426. The number of aromatic nitrogens is 2. The summed E-state index contributed by atoms with van der Waals surface area (Å²) >= 11 is 0. The van der Waals surface area contributed by atoms with Crippen LogP contribution in [0.4, 0.5) is 23.3 Å². The van der Waals surface area contributed by atoms with Crippen LogP contribution in [0.2, 0.25) is 0 Å².